The summed E-state index contributed by atoms with van der Waals surface area (Å²) < 4.78 is 7.01. The molecule has 0 saturated carbocycles. The molecule has 2 unspecified atom stereocenters. The van der Waals surface area contributed by atoms with Crippen molar-refractivity contribution in [1.82, 2.24) is 15.1 Å². The average Bonchev–Trinajstić information content (AvgIpc) is 3.28. The fourth-order valence-electron chi connectivity index (χ4n) is 2.92. The first-order valence-corrected chi connectivity index (χ1v) is 8.73. The molecule has 3 rings (SSSR count). The molecule has 138 valence electrons. The molecule has 1 aromatic carbocycles. The first kappa shape index (κ1) is 18.0. The van der Waals surface area contributed by atoms with Crippen molar-refractivity contribution < 1.29 is 14.4 Å². The summed E-state index contributed by atoms with van der Waals surface area (Å²) in [5.41, 5.74) is 3.59. The van der Waals surface area contributed by atoms with Gasteiger partial charge in [-0.25, -0.2) is 0 Å². The number of nitrogens with zero attached hydrogens (tertiary/aromatic N) is 3. The molecule has 2 aromatic rings. The van der Waals surface area contributed by atoms with Crippen LogP contribution in [0.25, 0.3) is 0 Å². The number of aromatic nitrogens is 2. The number of amides is 1. The van der Waals surface area contributed by atoms with Crippen molar-refractivity contribution in [3.05, 3.63) is 47.3 Å². The number of hydrogen-bond donors (Lipinski definition) is 1. The lowest BCUT2D eigenvalue weighted by Gasteiger charge is -2.16. The van der Waals surface area contributed by atoms with Crippen molar-refractivity contribution in [3.8, 4) is 5.75 Å². The van der Waals surface area contributed by atoms with Gasteiger partial charge in [0, 0.05) is 24.7 Å². The molecule has 1 N–H and O–H groups in total. The molecule has 2 atom stereocenters. The summed E-state index contributed by atoms with van der Waals surface area (Å²) in [6.07, 6.45) is 1.77. The highest BCUT2D eigenvalue weighted by molar-refractivity contribution is 6.04. The Bertz CT molecular complexity index is 811. The zero-order chi connectivity index (χ0) is 18.7. The fourth-order valence-corrected chi connectivity index (χ4v) is 2.92. The largest absolute Gasteiger partial charge is 0.497 e. The molecule has 0 fully saturated rings. The molecule has 1 aliphatic heterocycles. The summed E-state index contributed by atoms with van der Waals surface area (Å²) in [7, 11) is 1.63. The number of ether oxygens (including phenoxy) is 1. The molecule has 2 heterocycles. The molecule has 1 amide bonds. The minimum atomic E-state index is -0.616. The van der Waals surface area contributed by atoms with E-state index >= 15 is 0 Å². The summed E-state index contributed by atoms with van der Waals surface area (Å²) in [4.78, 5) is 17.9. The first-order valence-electron chi connectivity index (χ1n) is 8.73. The average molecular weight is 356 g/mol. The third kappa shape index (κ3) is 3.71. The first-order chi connectivity index (χ1) is 12.5. The van der Waals surface area contributed by atoms with Crippen LogP contribution in [0.4, 0.5) is 0 Å². The van der Waals surface area contributed by atoms with Crippen molar-refractivity contribution in [3.63, 3.8) is 0 Å². The van der Waals surface area contributed by atoms with E-state index in [-0.39, 0.29) is 11.9 Å². The maximum atomic E-state index is 12.5. The molecule has 7 heteroatoms. The molecular weight excluding hydrogens is 332 g/mol. The second kappa shape index (κ2) is 7.59. The van der Waals surface area contributed by atoms with E-state index in [0.29, 0.717) is 6.42 Å². The van der Waals surface area contributed by atoms with Crippen LogP contribution in [0.2, 0.25) is 0 Å². The van der Waals surface area contributed by atoms with Crippen LogP contribution in [0.15, 0.2) is 35.6 Å². The number of hydrogen-bond acceptors (Lipinski definition) is 5. The van der Waals surface area contributed by atoms with E-state index in [1.165, 1.54) is 0 Å². The zero-order valence-electron chi connectivity index (χ0n) is 15.5. The van der Waals surface area contributed by atoms with Crippen molar-refractivity contribution >= 4 is 11.6 Å². The molecule has 0 bridgehead atoms. The molecular formula is C19H24N4O3. The van der Waals surface area contributed by atoms with Gasteiger partial charge in [0.25, 0.3) is 5.91 Å². The second-order valence-electron chi connectivity index (χ2n) is 6.32. The highest BCUT2D eigenvalue weighted by Crippen LogP contribution is 2.21. The van der Waals surface area contributed by atoms with Crippen LogP contribution in [0.5, 0.6) is 5.75 Å². The highest BCUT2D eigenvalue weighted by atomic mass is 16.6. The van der Waals surface area contributed by atoms with Gasteiger partial charge in [-0.3, -0.25) is 9.48 Å². The summed E-state index contributed by atoms with van der Waals surface area (Å²) in [5, 5.41) is 11.5. The minimum absolute atomic E-state index is 0.134. The van der Waals surface area contributed by atoms with Gasteiger partial charge in [-0.2, -0.15) is 5.10 Å². The van der Waals surface area contributed by atoms with Crippen LogP contribution in [-0.4, -0.2) is 34.6 Å². The number of carbonyl (C=O) groups excluding carboxylic acids is 1. The molecule has 7 nitrogen and oxygen atoms in total. The quantitative estimate of drug-likeness (QED) is 0.863. The van der Waals surface area contributed by atoms with Gasteiger partial charge in [0.05, 0.1) is 24.6 Å². The van der Waals surface area contributed by atoms with Crippen LogP contribution in [0, 0.1) is 6.92 Å². The number of oxime groups is 1. The number of aryl methyl sites for hydroxylation is 2. The van der Waals surface area contributed by atoms with Gasteiger partial charge in [-0.1, -0.05) is 17.3 Å². The summed E-state index contributed by atoms with van der Waals surface area (Å²) in [6.45, 7) is 6.69. The summed E-state index contributed by atoms with van der Waals surface area (Å²) >= 11 is 0. The van der Waals surface area contributed by atoms with Gasteiger partial charge in [0.15, 0.2) is 0 Å². The van der Waals surface area contributed by atoms with Crippen LogP contribution in [0.3, 0.4) is 0 Å². The Hall–Kier alpha value is -2.83. The van der Waals surface area contributed by atoms with Gasteiger partial charge in [-0.15, -0.1) is 0 Å². The fraction of sp³-hybridized carbons (Fsp3) is 0.421. The number of nitrogens with one attached hydrogen (secondary N) is 1. The maximum Gasteiger partial charge on any atom is 0.264 e. The SMILES string of the molecule is CCn1cc(C2=NOC(C(=O)NC(C)c3ccc(OC)cc3)C2)c(C)n1. The predicted molar refractivity (Wildman–Crippen MR) is 98.2 cm³/mol. The number of methoxy groups -OCH3 is 1. The van der Waals surface area contributed by atoms with E-state index in [2.05, 4.69) is 15.6 Å². The Morgan fingerprint density at radius 2 is 2.15 bits per heavy atom. The third-order valence-corrected chi connectivity index (χ3v) is 4.52. The van der Waals surface area contributed by atoms with Crippen molar-refractivity contribution in [2.75, 3.05) is 7.11 Å². The number of benzene rings is 1. The number of rotatable bonds is 6. The Balaban J connectivity index is 1.60. The molecule has 1 aromatic heterocycles. The third-order valence-electron chi connectivity index (χ3n) is 4.52. The van der Waals surface area contributed by atoms with Gasteiger partial charge in [-0.05, 0) is 38.5 Å². The lowest BCUT2D eigenvalue weighted by molar-refractivity contribution is -0.131. The number of carbonyl (C=O) groups is 1. The predicted octanol–water partition coefficient (Wildman–Crippen LogP) is 2.59. The zero-order valence-corrected chi connectivity index (χ0v) is 15.5. The van der Waals surface area contributed by atoms with E-state index < -0.39 is 6.10 Å². The Morgan fingerprint density at radius 1 is 1.42 bits per heavy atom. The summed E-state index contributed by atoms with van der Waals surface area (Å²) in [6, 6.07) is 7.48. The minimum Gasteiger partial charge on any atom is -0.497 e. The molecule has 0 spiro atoms. The molecule has 26 heavy (non-hydrogen) atoms. The lowest BCUT2D eigenvalue weighted by Crippen LogP contribution is -2.36. The van der Waals surface area contributed by atoms with E-state index in [0.717, 1.165) is 34.8 Å². The van der Waals surface area contributed by atoms with E-state index in [1.54, 1.807) is 7.11 Å². The normalized spacial score (nSPS) is 17.4. The maximum absolute atomic E-state index is 12.5. The van der Waals surface area contributed by atoms with Crippen molar-refractivity contribution in [2.24, 2.45) is 5.16 Å². The monoisotopic (exact) mass is 356 g/mol. The van der Waals surface area contributed by atoms with Gasteiger partial charge >= 0.3 is 0 Å². The second-order valence-corrected chi connectivity index (χ2v) is 6.32. The molecule has 1 aliphatic rings. The molecule has 0 saturated heterocycles. The van der Waals surface area contributed by atoms with Gasteiger partial charge in [0.2, 0.25) is 6.10 Å². The Labute approximate surface area is 153 Å². The molecule has 0 radical (unpaired) electrons. The lowest BCUT2D eigenvalue weighted by atomic mass is 10.0. The molecule has 0 aliphatic carbocycles. The summed E-state index contributed by atoms with van der Waals surface area (Å²) in [5.74, 6) is 0.611. The van der Waals surface area contributed by atoms with E-state index in [9.17, 15) is 4.79 Å². The van der Waals surface area contributed by atoms with Crippen LogP contribution in [0.1, 0.15) is 43.1 Å². The smallest absolute Gasteiger partial charge is 0.264 e. The van der Waals surface area contributed by atoms with E-state index in [1.807, 2.05) is 55.9 Å². The van der Waals surface area contributed by atoms with Crippen LogP contribution >= 0.6 is 0 Å². The van der Waals surface area contributed by atoms with Crippen LogP contribution < -0.4 is 10.1 Å². The van der Waals surface area contributed by atoms with Gasteiger partial charge in [0.1, 0.15) is 5.75 Å². The van der Waals surface area contributed by atoms with Crippen molar-refractivity contribution in [2.45, 2.75) is 45.9 Å². The Morgan fingerprint density at radius 3 is 2.77 bits per heavy atom. The highest BCUT2D eigenvalue weighted by Gasteiger charge is 2.31. The van der Waals surface area contributed by atoms with Crippen LogP contribution in [-0.2, 0) is 16.2 Å². The topological polar surface area (TPSA) is 77.7 Å². The Kier molecular flexibility index (Phi) is 5.25. The van der Waals surface area contributed by atoms with E-state index in [4.69, 9.17) is 9.57 Å². The van der Waals surface area contributed by atoms with Crippen molar-refractivity contribution in [1.29, 1.82) is 0 Å². The standard InChI is InChI=1S/C19H24N4O3/c1-5-23-11-16(13(3)21-23)17-10-18(26-22-17)19(24)20-12(2)14-6-8-15(25-4)9-7-14/h6-9,11-12,18H,5,10H2,1-4H3,(H,20,24). The van der Waals surface area contributed by atoms with Gasteiger partial charge < -0.3 is 14.9 Å².